The van der Waals surface area contributed by atoms with Gasteiger partial charge in [-0.15, -0.1) is 0 Å². The zero-order chi connectivity index (χ0) is 17.1. The SMILES string of the molecule is N#CC1C(=O)NC2C3CCC(O)C4C(C5CCCCO5)CCC(C12)C34. The number of carbonyl (C=O) groups is 1. The lowest BCUT2D eigenvalue weighted by molar-refractivity contribution is -0.130. The number of hydrogen-bond donors (Lipinski definition) is 2. The lowest BCUT2D eigenvalue weighted by atomic mass is 9.57. The van der Waals surface area contributed by atoms with E-state index in [0.29, 0.717) is 35.7 Å². The molecule has 3 aliphatic carbocycles. The van der Waals surface area contributed by atoms with Crippen molar-refractivity contribution in [3.63, 3.8) is 0 Å². The normalized spacial score (nSPS) is 54.3. The van der Waals surface area contributed by atoms with Crippen LogP contribution in [0.5, 0.6) is 0 Å². The van der Waals surface area contributed by atoms with Crippen LogP contribution in [-0.4, -0.2) is 35.9 Å². The van der Waals surface area contributed by atoms with Gasteiger partial charge in [0.15, 0.2) is 0 Å². The predicted molar refractivity (Wildman–Crippen MR) is 90.0 cm³/mol. The third-order valence-corrected chi connectivity index (χ3v) is 8.18. The van der Waals surface area contributed by atoms with Crippen LogP contribution in [0.1, 0.15) is 44.9 Å². The standard InChI is InChI=1S/C20H28N2O3/c21-9-13-17-11-5-4-10(15-3-1-2-8-25-15)18-14(23)7-6-12(16(11)18)19(17)22-20(13)24/h10-19,23H,1-8H2,(H,22,24). The van der Waals surface area contributed by atoms with Gasteiger partial charge in [0.05, 0.1) is 18.3 Å². The Labute approximate surface area is 149 Å². The number of carbonyl (C=O) groups excluding carboxylic acids is 1. The number of ether oxygens (including phenoxy) is 1. The van der Waals surface area contributed by atoms with Crippen molar-refractivity contribution < 1.29 is 14.6 Å². The summed E-state index contributed by atoms with van der Waals surface area (Å²) in [6, 6.07) is 2.44. The molecule has 0 bridgehead atoms. The van der Waals surface area contributed by atoms with E-state index in [1.807, 2.05) is 0 Å². The van der Waals surface area contributed by atoms with Crippen molar-refractivity contribution in [3.05, 3.63) is 0 Å². The molecule has 5 rings (SSSR count). The largest absolute Gasteiger partial charge is 0.393 e. The lowest BCUT2D eigenvalue weighted by Crippen LogP contribution is -2.51. The molecule has 2 saturated heterocycles. The summed E-state index contributed by atoms with van der Waals surface area (Å²) in [5.74, 6) is 1.68. The van der Waals surface area contributed by atoms with Crippen molar-refractivity contribution >= 4 is 5.91 Å². The van der Waals surface area contributed by atoms with Crippen molar-refractivity contribution in [2.75, 3.05) is 6.61 Å². The van der Waals surface area contributed by atoms with E-state index in [9.17, 15) is 15.2 Å². The molecule has 10 atom stereocenters. The van der Waals surface area contributed by atoms with Crippen LogP contribution in [0, 0.1) is 52.8 Å². The first-order valence-electron chi connectivity index (χ1n) is 10.2. The first kappa shape index (κ1) is 16.1. The fraction of sp³-hybridized carbons (Fsp3) is 0.900. The Morgan fingerprint density at radius 1 is 1.00 bits per heavy atom. The van der Waals surface area contributed by atoms with Crippen LogP contribution in [0.2, 0.25) is 0 Å². The minimum absolute atomic E-state index is 0.0589. The molecule has 0 aromatic rings. The molecule has 2 heterocycles. The molecular formula is C20H28N2O3. The minimum Gasteiger partial charge on any atom is -0.393 e. The van der Waals surface area contributed by atoms with Crippen LogP contribution in [0.3, 0.4) is 0 Å². The summed E-state index contributed by atoms with van der Waals surface area (Å²) in [6.07, 6.45) is 7.56. The highest BCUT2D eigenvalue weighted by molar-refractivity contribution is 5.84. The van der Waals surface area contributed by atoms with Crippen LogP contribution in [-0.2, 0) is 9.53 Å². The molecule has 2 aliphatic heterocycles. The fourth-order valence-corrected chi connectivity index (χ4v) is 7.42. The molecular weight excluding hydrogens is 316 g/mol. The number of hydrogen-bond acceptors (Lipinski definition) is 4. The van der Waals surface area contributed by atoms with Crippen LogP contribution in [0.15, 0.2) is 0 Å². The summed E-state index contributed by atoms with van der Waals surface area (Å²) < 4.78 is 6.13. The average Bonchev–Trinajstić information content (AvgIpc) is 3.12. The van der Waals surface area contributed by atoms with Gasteiger partial charge in [0.25, 0.3) is 0 Å². The Bertz CT molecular complexity index is 596. The number of rotatable bonds is 1. The van der Waals surface area contributed by atoms with Gasteiger partial charge in [-0.05, 0) is 74.5 Å². The van der Waals surface area contributed by atoms with Gasteiger partial charge in [0, 0.05) is 18.6 Å². The van der Waals surface area contributed by atoms with Gasteiger partial charge < -0.3 is 15.2 Å². The Hall–Kier alpha value is -1.12. The molecule has 5 aliphatic rings. The molecule has 0 spiro atoms. The zero-order valence-corrected chi connectivity index (χ0v) is 14.6. The maximum atomic E-state index is 12.2. The smallest absolute Gasteiger partial charge is 0.237 e. The Balaban J connectivity index is 1.47. The quantitative estimate of drug-likeness (QED) is 0.760. The number of aliphatic hydroxyl groups is 1. The van der Waals surface area contributed by atoms with Crippen molar-refractivity contribution in [1.82, 2.24) is 5.32 Å². The van der Waals surface area contributed by atoms with Crippen molar-refractivity contribution in [2.45, 2.75) is 63.2 Å². The minimum atomic E-state index is -0.485. The summed E-state index contributed by atoms with van der Waals surface area (Å²) in [7, 11) is 0. The molecule has 5 nitrogen and oxygen atoms in total. The van der Waals surface area contributed by atoms with Gasteiger partial charge in [-0.3, -0.25) is 4.79 Å². The van der Waals surface area contributed by atoms with E-state index in [1.54, 1.807) is 0 Å². The number of nitriles is 1. The Morgan fingerprint density at radius 2 is 1.80 bits per heavy atom. The highest BCUT2D eigenvalue weighted by Gasteiger charge is 2.64. The van der Waals surface area contributed by atoms with Crippen molar-refractivity contribution in [2.24, 2.45) is 41.4 Å². The molecule has 3 saturated carbocycles. The van der Waals surface area contributed by atoms with E-state index >= 15 is 0 Å². The van der Waals surface area contributed by atoms with Crippen LogP contribution < -0.4 is 5.32 Å². The van der Waals surface area contributed by atoms with Gasteiger partial charge in [0.1, 0.15) is 5.92 Å². The highest BCUT2D eigenvalue weighted by Crippen LogP contribution is 2.62. The van der Waals surface area contributed by atoms with Gasteiger partial charge in [-0.1, -0.05) is 0 Å². The van der Waals surface area contributed by atoms with Crippen LogP contribution in [0.25, 0.3) is 0 Å². The Kier molecular flexibility index (Phi) is 3.83. The summed E-state index contributed by atoms with van der Waals surface area (Å²) in [4.78, 5) is 12.2. The molecule has 10 unspecified atom stereocenters. The molecule has 2 N–H and O–H groups in total. The number of aliphatic hydroxyl groups excluding tert-OH is 1. The molecule has 5 heteroatoms. The third kappa shape index (κ3) is 2.23. The van der Waals surface area contributed by atoms with E-state index in [1.165, 1.54) is 6.42 Å². The van der Waals surface area contributed by atoms with Crippen LogP contribution in [0.4, 0.5) is 0 Å². The first-order chi connectivity index (χ1) is 12.2. The number of fused-ring (bicyclic) bond motifs is 3. The second kappa shape index (κ2) is 5.96. The Morgan fingerprint density at radius 3 is 2.56 bits per heavy atom. The van der Waals surface area contributed by atoms with Crippen molar-refractivity contribution in [1.29, 1.82) is 5.26 Å². The van der Waals surface area contributed by atoms with E-state index in [4.69, 9.17) is 4.74 Å². The van der Waals surface area contributed by atoms with Gasteiger partial charge in [-0.2, -0.15) is 5.26 Å². The first-order valence-corrected chi connectivity index (χ1v) is 10.2. The number of nitrogens with one attached hydrogen (secondary N) is 1. The van der Waals surface area contributed by atoms with E-state index in [0.717, 1.165) is 45.1 Å². The molecule has 0 aromatic carbocycles. The average molecular weight is 344 g/mol. The van der Waals surface area contributed by atoms with E-state index in [2.05, 4.69) is 11.4 Å². The molecule has 0 aromatic heterocycles. The molecule has 136 valence electrons. The summed E-state index contributed by atoms with van der Waals surface area (Å²) in [5.41, 5.74) is 0. The number of nitrogens with zero attached hydrogens (tertiary/aromatic N) is 1. The van der Waals surface area contributed by atoms with Gasteiger partial charge in [0.2, 0.25) is 5.91 Å². The molecule has 25 heavy (non-hydrogen) atoms. The summed E-state index contributed by atoms with van der Waals surface area (Å²) in [5, 5.41) is 23.6. The maximum Gasteiger partial charge on any atom is 0.237 e. The van der Waals surface area contributed by atoms with Crippen LogP contribution >= 0.6 is 0 Å². The molecule has 5 fully saturated rings. The second-order valence-corrected chi connectivity index (χ2v) is 8.99. The predicted octanol–water partition coefficient (Wildman–Crippen LogP) is 1.85. The maximum absolute atomic E-state index is 12.2. The summed E-state index contributed by atoms with van der Waals surface area (Å²) in [6.45, 7) is 0.860. The van der Waals surface area contributed by atoms with E-state index in [-0.39, 0.29) is 24.0 Å². The highest BCUT2D eigenvalue weighted by atomic mass is 16.5. The van der Waals surface area contributed by atoms with Gasteiger partial charge >= 0.3 is 0 Å². The fourth-order valence-electron chi connectivity index (χ4n) is 7.42. The monoisotopic (exact) mass is 344 g/mol. The zero-order valence-electron chi connectivity index (χ0n) is 14.6. The number of amides is 1. The van der Waals surface area contributed by atoms with E-state index < -0.39 is 5.92 Å². The molecule has 1 amide bonds. The topological polar surface area (TPSA) is 82.4 Å². The summed E-state index contributed by atoms with van der Waals surface area (Å²) >= 11 is 0. The third-order valence-electron chi connectivity index (χ3n) is 8.18. The molecule has 0 radical (unpaired) electrons. The van der Waals surface area contributed by atoms with Crippen molar-refractivity contribution in [3.8, 4) is 6.07 Å². The second-order valence-electron chi connectivity index (χ2n) is 8.99. The lowest BCUT2D eigenvalue weighted by Gasteiger charge is -2.51. The van der Waals surface area contributed by atoms with Gasteiger partial charge in [-0.25, -0.2) is 0 Å².